The highest BCUT2D eigenvalue weighted by atomic mass is 32.2. The molecule has 2 heterocycles. The molecular weight excluding hydrogens is 338 g/mol. The van der Waals surface area contributed by atoms with Crippen molar-refractivity contribution in [3.63, 3.8) is 0 Å². The Kier molecular flexibility index (Phi) is 5.20. The van der Waals surface area contributed by atoms with E-state index in [2.05, 4.69) is 21.8 Å². The van der Waals surface area contributed by atoms with Gasteiger partial charge in [0.15, 0.2) is 11.0 Å². The van der Waals surface area contributed by atoms with Crippen molar-refractivity contribution >= 4 is 17.4 Å². The van der Waals surface area contributed by atoms with Crippen molar-refractivity contribution in [2.75, 3.05) is 0 Å². The van der Waals surface area contributed by atoms with E-state index in [-0.39, 0.29) is 5.69 Å². The summed E-state index contributed by atoms with van der Waals surface area (Å²) in [5.41, 5.74) is 1.95. The van der Waals surface area contributed by atoms with Crippen molar-refractivity contribution in [1.29, 1.82) is 0 Å². The highest BCUT2D eigenvalue weighted by Crippen LogP contribution is 2.26. The molecule has 25 heavy (non-hydrogen) atoms. The number of nitro groups is 1. The van der Waals surface area contributed by atoms with Crippen LogP contribution in [0.4, 0.5) is 5.69 Å². The van der Waals surface area contributed by atoms with Crippen LogP contribution < -0.4 is 0 Å². The van der Waals surface area contributed by atoms with Gasteiger partial charge in [-0.15, -0.1) is 16.8 Å². The van der Waals surface area contributed by atoms with Crippen LogP contribution in [0.2, 0.25) is 0 Å². The molecule has 8 heteroatoms. The first kappa shape index (κ1) is 16.8. The number of non-ortho nitro benzene ring substituents is 1. The third-order valence-corrected chi connectivity index (χ3v) is 4.50. The molecule has 0 radical (unpaired) electrons. The Hall–Kier alpha value is -3.00. The Balaban J connectivity index is 1.79. The van der Waals surface area contributed by atoms with Crippen LogP contribution in [0.25, 0.3) is 11.4 Å². The normalized spacial score (nSPS) is 10.6. The molecule has 1 aromatic carbocycles. The summed E-state index contributed by atoms with van der Waals surface area (Å²) in [6, 6.07) is 10.3. The van der Waals surface area contributed by atoms with Gasteiger partial charge in [0.25, 0.3) is 5.69 Å². The lowest BCUT2D eigenvalue weighted by molar-refractivity contribution is -0.384. The Labute approximate surface area is 148 Å². The second kappa shape index (κ2) is 7.71. The Morgan fingerprint density at radius 1 is 1.24 bits per heavy atom. The van der Waals surface area contributed by atoms with Gasteiger partial charge in [0.2, 0.25) is 0 Å². The lowest BCUT2D eigenvalue weighted by atomic mass is 10.2. The van der Waals surface area contributed by atoms with Gasteiger partial charge in [-0.1, -0.05) is 30.0 Å². The van der Waals surface area contributed by atoms with Gasteiger partial charge in [0, 0.05) is 42.4 Å². The summed E-state index contributed by atoms with van der Waals surface area (Å²) in [6.07, 6.45) is 5.25. The minimum atomic E-state index is -0.405. The number of thioether (sulfide) groups is 1. The Bertz CT molecular complexity index is 878. The molecule has 2 aromatic heterocycles. The second-order valence-corrected chi connectivity index (χ2v) is 6.10. The van der Waals surface area contributed by atoms with Gasteiger partial charge in [-0.05, 0) is 17.7 Å². The fourth-order valence-electron chi connectivity index (χ4n) is 2.26. The number of nitrogens with zero attached hydrogens (tertiary/aromatic N) is 5. The molecule has 0 atom stereocenters. The molecule has 0 N–H and O–H groups in total. The van der Waals surface area contributed by atoms with Crippen LogP contribution >= 0.6 is 11.8 Å². The fraction of sp³-hybridized carbons (Fsp3) is 0.118. The molecule has 0 aliphatic carbocycles. The van der Waals surface area contributed by atoms with E-state index in [9.17, 15) is 10.1 Å². The average Bonchev–Trinajstić information content (AvgIpc) is 3.04. The average molecular weight is 353 g/mol. The highest BCUT2D eigenvalue weighted by molar-refractivity contribution is 7.98. The summed E-state index contributed by atoms with van der Waals surface area (Å²) in [6.45, 7) is 4.37. The molecule has 0 aliphatic heterocycles. The summed E-state index contributed by atoms with van der Waals surface area (Å²) < 4.78 is 1.97. The Morgan fingerprint density at radius 3 is 2.68 bits per heavy atom. The first-order valence-electron chi connectivity index (χ1n) is 7.49. The summed E-state index contributed by atoms with van der Waals surface area (Å²) >= 11 is 1.52. The van der Waals surface area contributed by atoms with Crippen LogP contribution in [0.1, 0.15) is 5.56 Å². The number of pyridine rings is 1. The minimum absolute atomic E-state index is 0.0856. The lowest BCUT2D eigenvalue weighted by Crippen LogP contribution is -2.00. The first-order chi connectivity index (χ1) is 12.2. The molecule has 126 valence electrons. The van der Waals surface area contributed by atoms with E-state index in [1.165, 1.54) is 23.9 Å². The molecule has 0 aliphatic rings. The largest absolute Gasteiger partial charge is 0.298 e. The summed E-state index contributed by atoms with van der Waals surface area (Å²) in [5.74, 6) is 1.37. The fourth-order valence-corrected chi connectivity index (χ4v) is 3.16. The highest BCUT2D eigenvalue weighted by Gasteiger charge is 2.14. The zero-order valence-electron chi connectivity index (χ0n) is 13.3. The van der Waals surface area contributed by atoms with Crippen molar-refractivity contribution in [2.24, 2.45) is 0 Å². The van der Waals surface area contributed by atoms with Crippen LogP contribution in [-0.2, 0) is 12.3 Å². The molecule has 0 fully saturated rings. The van der Waals surface area contributed by atoms with Gasteiger partial charge >= 0.3 is 0 Å². The van der Waals surface area contributed by atoms with Crippen molar-refractivity contribution in [3.8, 4) is 11.4 Å². The minimum Gasteiger partial charge on any atom is -0.298 e. The van der Waals surface area contributed by atoms with E-state index in [0.717, 1.165) is 22.1 Å². The smallest absolute Gasteiger partial charge is 0.269 e. The van der Waals surface area contributed by atoms with E-state index in [1.54, 1.807) is 30.6 Å². The third kappa shape index (κ3) is 3.92. The predicted molar refractivity (Wildman–Crippen MR) is 96.1 cm³/mol. The Morgan fingerprint density at radius 2 is 2.04 bits per heavy atom. The molecule has 7 nitrogen and oxygen atoms in total. The van der Waals surface area contributed by atoms with Crippen LogP contribution in [0.15, 0.2) is 66.6 Å². The quantitative estimate of drug-likeness (QED) is 0.278. The van der Waals surface area contributed by atoms with Crippen LogP contribution in [0, 0.1) is 10.1 Å². The van der Waals surface area contributed by atoms with Gasteiger partial charge in [-0.3, -0.25) is 19.7 Å². The number of hydrogen-bond acceptors (Lipinski definition) is 6. The topological polar surface area (TPSA) is 86.7 Å². The molecule has 0 amide bonds. The van der Waals surface area contributed by atoms with Crippen LogP contribution in [-0.4, -0.2) is 24.7 Å². The van der Waals surface area contributed by atoms with Gasteiger partial charge in [0.1, 0.15) is 0 Å². The number of benzene rings is 1. The molecule has 0 unspecified atom stereocenters. The summed E-state index contributed by atoms with van der Waals surface area (Å²) in [4.78, 5) is 14.4. The van der Waals surface area contributed by atoms with E-state index in [0.29, 0.717) is 12.3 Å². The van der Waals surface area contributed by atoms with Crippen LogP contribution in [0.5, 0.6) is 0 Å². The number of rotatable bonds is 7. The van der Waals surface area contributed by atoms with Gasteiger partial charge in [-0.2, -0.15) is 0 Å². The maximum absolute atomic E-state index is 10.7. The molecule has 0 bridgehead atoms. The monoisotopic (exact) mass is 353 g/mol. The number of hydrogen-bond donors (Lipinski definition) is 0. The molecule has 3 aromatic rings. The molecule has 0 saturated heterocycles. The third-order valence-electron chi connectivity index (χ3n) is 3.46. The predicted octanol–water partition coefficient (Wildman–Crippen LogP) is 3.73. The van der Waals surface area contributed by atoms with E-state index >= 15 is 0 Å². The van der Waals surface area contributed by atoms with Gasteiger partial charge in [-0.25, -0.2) is 0 Å². The number of nitro benzene ring substituents is 1. The van der Waals surface area contributed by atoms with E-state index in [4.69, 9.17) is 0 Å². The molecule has 0 saturated carbocycles. The zero-order chi connectivity index (χ0) is 17.6. The molecule has 3 rings (SSSR count). The second-order valence-electron chi connectivity index (χ2n) is 5.16. The van der Waals surface area contributed by atoms with Crippen molar-refractivity contribution in [1.82, 2.24) is 19.7 Å². The van der Waals surface area contributed by atoms with Crippen molar-refractivity contribution in [3.05, 3.63) is 77.1 Å². The maximum Gasteiger partial charge on any atom is 0.269 e. The van der Waals surface area contributed by atoms with Gasteiger partial charge in [0.05, 0.1) is 4.92 Å². The van der Waals surface area contributed by atoms with Crippen molar-refractivity contribution < 1.29 is 4.92 Å². The summed E-state index contributed by atoms with van der Waals surface area (Å²) in [7, 11) is 0. The summed E-state index contributed by atoms with van der Waals surface area (Å²) in [5, 5.41) is 20.0. The zero-order valence-corrected chi connectivity index (χ0v) is 14.1. The standard InChI is InChI=1S/C17H15N5O2S/c1-2-10-21-16(14-4-3-9-18-11-14)19-20-17(21)25-12-13-5-7-15(8-6-13)22(23)24/h2-9,11H,1,10,12H2. The molecular formula is C17H15N5O2S. The van der Waals surface area contributed by atoms with Crippen LogP contribution in [0.3, 0.4) is 0 Å². The number of aromatic nitrogens is 4. The SMILES string of the molecule is C=CCn1c(SCc2ccc([N+](=O)[O-])cc2)nnc1-c1cccnc1. The van der Waals surface area contributed by atoms with E-state index in [1.807, 2.05) is 16.7 Å². The van der Waals surface area contributed by atoms with Crippen molar-refractivity contribution in [2.45, 2.75) is 17.5 Å². The number of allylic oxidation sites excluding steroid dienone is 1. The maximum atomic E-state index is 10.7. The molecule has 0 spiro atoms. The van der Waals surface area contributed by atoms with Gasteiger partial charge < -0.3 is 0 Å². The lowest BCUT2D eigenvalue weighted by Gasteiger charge is -2.07. The first-order valence-corrected chi connectivity index (χ1v) is 8.48. The van der Waals surface area contributed by atoms with E-state index < -0.39 is 4.92 Å².